The van der Waals surface area contributed by atoms with Crippen molar-refractivity contribution in [2.24, 2.45) is 5.92 Å². The van der Waals surface area contributed by atoms with Crippen LogP contribution >= 0.6 is 0 Å². The van der Waals surface area contributed by atoms with E-state index in [1.165, 1.54) is 0 Å². The number of alkyl halides is 3. The molecule has 90 valence electrons. The van der Waals surface area contributed by atoms with Crippen molar-refractivity contribution in [3.05, 3.63) is 0 Å². The summed E-state index contributed by atoms with van der Waals surface area (Å²) in [4.78, 5) is 0. The third kappa shape index (κ3) is 5.37. The summed E-state index contributed by atoms with van der Waals surface area (Å²) >= 11 is 0. The first kappa shape index (κ1) is 12.8. The Hall–Kier alpha value is -0.290. The Balaban J connectivity index is 1.97. The van der Waals surface area contributed by atoms with E-state index in [0.717, 1.165) is 19.3 Å². The predicted octanol–water partition coefficient (Wildman–Crippen LogP) is 2.51. The van der Waals surface area contributed by atoms with E-state index in [4.69, 9.17) is 4.74 Å². The highest BCUT2D eigenvalue weighted by Gasteiger charge is 2.27. The zero-order chi connectivity index (χ0) is 11.3. The van der Waals surface area contributed by atoms with E-state index in [2.05, 4.69) is 0 Å². The zero-order valence-electron chi connectivity index (χ0n) is 8.59. The summed E-state index contributed by atoms with van der Waals surface area (Å²) in [7, 11) is 0. The first-order valence-electron chi connectivity index (χ1n) is 5.31. The lowest BCUT2D eigenvalue weighted by molar-refractivity contribution is -0.145. The van der Waals surface area contributed by atoms with Gasteiger partial charge in [0, 0.05) is 6.61 Å². The van der Waals surface area contributed by atoms with E-state index in [-0.39, 0.29) is 18.6 Å². The molecular weight excluding hydrogens is 209 g/mol. The Morgan fingerprint density at radius 1 is 1.20 bits per heavy atom. The fourth-order valence-corrected chi connectivity index (χ4v) is 1.88. The van der Waals surface area contributed by atoms with Crippen molar-refractivity contribution in [1.29, 1.82) is 0 Å². The third-order valence-electron chi connectivity index (χ3n) is 2.78. The van der Waals surface area contributed by atoms with Crippen molar-refractivity contribution in [2.45, 2.75) is 44.4 Å². The molecule has 0 amide bonds. The summed E-state index contributed by atoms with van der Waals surface area (Å²) < 4.78 is 40.1. The van der Waals surface area contributed by atoms with Crippen molar-refractivity contribution in [3.8, 4) is 0 Å². The van der Waals surface area contributed by atoms with Gasteiger partial charge in [-0.2, -0.15) is 13.2 Å². The van der Waals surface area contributed by atoms with Gasteiger partial charge in [0.05, 0.1) is 19.1 Å². The van der Waals surface area contributed by atoms with Crippen molar-refractivity contribution in [2.75, 3.05) is 13.2 Å². The van der Waals surface area contributed by atoms with Gasteiger partial charge < -0.3 is 9.84 Å². The van der Waals surface area contributed by atoms with Crippen LogP contribution in [-0.2, 0) is 4.74 Å². The van der Waals surface area contributed by atoms with E-state index in [9.17, 15) is 18.3 Å². The van der Waals surface area contributed by atoms with E-state index in [0.29, 0.717) is 13.0 Å². The molecule has 1 saturated carbocycles. The Morgan fingerprint density at radius 3 is 2.47 bits per heavy atom. The average molecular weight is 226 g/mol. The number of hydrogen-bond donors (Lipinski definition) is 1. The molecule has 0 heterocycles. The molecule has 0 aliphatic heterocycles. The normalized spacial score (nSPS) is 27.2. The van der Waals surface area contributed by atoms with Gasteiger partial charge in [-0.25, -0.2) is 0 Å². The summed E-state index contributed by atoms with van der Waals surface area (Å²) in [5.41, 5.74) is 0. The first-order valence-corrected chi connectivity index (χ1v) is 5.31. The van der Waals surface area contributed by atoms with Crippen LogP contribution in [0.2, 0.25) is 0 Å². The van der Waals surface area contributed by atoms with Crippen LogP contribution in [-0.4, -0.2) is 30.6 Å². The highest BCUT2D eigenvalue weighted by Crippen LogP contribution is 2.28. The maximum atomic E-state index is 11.7. The average Bonchev–Trinajstić information content (AvgIpc) is 2.49. The maximum absolute atomic E-state index is 11.7. The molecule has 5 heteroatoms. The van der Waals surface area contributed by atoms with Gasteiger partial charge in [-0.3, -0.25) is 0 Å². The number of hydrogen-bond acceptors (Lipinski definition) is 2. The van der Waals surface area contributed by atoms with E-state index in [1.54, 1.807) is 0 Å². The second-order valence-electron chi connectivity index (χ2n) is 4.02. The molecule has 0 aromatic heterocycles. The van der Waals surface area contributed by atoms with E-state index in [1.807, 2.05) is 0 Å². The van der Waals surface area contributed by atoms with Gasteiger partial charge in [0.2, 0.25) is 0 Å². The van der Waals surface area contributed by atoms with Gasteiger partial charge in [0.1, 0.15) is 0 Å². The quantitative estimate of drug-likeness (QED) is 0.730. The molecule has 1 fully saturated rings. The van der Waals surface area contributed by atoms with Gasteiger partial charge in [-0.05, 0) is 25.2 Å². The third-order valence-corrected chi connectivity index (χ3v) is 2.78. The van der Waals surface area contributed by atoms with Crippen LogP contribution < -0.4 is 0 Å². The van der Waals surface area contributed by atoms with Gasteiger partial charge in [0.25, 0.3) is 0 Å². The lowest BCUT2D eigenvalue weighted by Crippen LogP contribution is -2.16. The molecule has 1 aliphatic rings. The topological polar surface area (TPSA) is 29.5 Å². The second-order valence-corrected chi connectivity index (χ2v) is 4.02. The molecule has 2 unspecified atom stereocenters. The summed E-state index contributed by atoms with van der Waals surface area (Å²) in [6.07, 6.45) is -1.85. The number of halogens is 3. The van der Waals surface area contributed by atoms with Crippen LogP contribution in [0, 0.1) is 5.92 Å². The fraction of sp³-hybridized carbons (Fsp3) is 1.00. The number of aliphatic hydroxyl groups is 1. The molecule has 0 radical (unpaired) electrons. The minimum absolute atomic E-state index is 0.218. The molecule has 0 saturated heterocycles. The molecule has 2 atom stereocenters. The summed E-state index contributed by atoms with van der Waals surface area (Å²) in [6.45, 7) is 0.0458. The Bertz CT molecular complexity index is 182. The SMILES string of the molecule is OC1CCCC1CCOCCC(F)(F)F. The summed E-state index contributed by atoms with van der Waals surface area (Å²) in [6, 6.07) is 0. The van der Waals surface area contributed by atoms with Gasteiger partial charge in [-0.15, -0.1) is 0 Å². The van der Waals surface area contributed by atoms with Crippen LogP contribution in [0.4, 0.5) is 13.2 Å². The van der Waals surface area contributed by atoms with E-state index >= 15 is 0 Å². The molecular formula is C10H17F3O2. The van der Waals surface area contributed by atoms with Crippen LogP contribution in [0.25, 0.3) is 0 Å². The number of rotatable bonds is 5. The first-order chi connectivity index (χ1) is 6.99. The predicted molar refractivity (Wildman–Crippen MR) is 49.5 cm³/mol. The number of ether oxygens (including phenoxy) is 1. The summed E-state index contributed by atoms with van der Waals surface area (Å²) in [5.74, 6) is 0.218. The fourth-order valence-electron chi connectivity index (χ4n) is 1.88. The Morgan fingerprint density at radius 2 is 1.93 bits per heavy atom. The number of aliphatic hydroxyl groups excluding tert-OH is 1. The Labute approximate surface area is 87.4 Å². The summed E-state index contributed by atoms with van der Waals surface area (Å²) in [5, 5.41) is 9.44. The lowest BCUT2D eigenvalue weighted by Gasteiger charge is -2.14. The van der Waals surface area contributed by atoms with Crippen molar-refractivity contribution >= 4 is 0 Å². The molecule has 0 aromatic carbocycles. The molecule has 2 nitrogen and oxygen atoms in total. The molecule has 0 bridgehead atoms. The zero-order valence-corrected chi connectivity index (χ0v) is 8.59. The lowest BCUT2D eigenvalue weighted by atomic mass is 10.0. The minimum atomic E-state index is -4.13. The van der Waals surface area contributed by atoms with Crippen LogP contribution in [0.15, 0.2) is 0 Å². The molecule has 15 heavy (non-hydrogen) atoms. The van der Waals surface area contributed by atoms with E-state index < -0.39 is 12.6 Å². The van der Waals surface area contributed by atoms with Gasteiger partial charge in [-0.1, -0.05) is 6.42 Å². The van der Waals surface area contributed by atoms with Crippen molar-refractivity contribution < 1.29 is 23.0 Å². The smallest absolute Gasteiger partial charge is 0.391 e. The molecule has 1 N–H and O–H groups in total. The van der Waals surface area contributed by atoms with Crippen LogP contribution in [0.1, 0.15) is 32.1 Å². The minimum Gasteiger partial charge on any atom is -0.393 e. The van der Waals surface area contributed by atoms with Crippen molar-refractivity contribution in [1.82, 2.24) is 0 Å². The second kappa shape index (κ2) is 5.70. The highest BCUT2D eigenvalue weighted by atomic mass is 19.4. The molecule has 0 spiro atoms. The molecule has 1 rings (SSSR count). The molecule has 0 aromatic rings. The Kier molecular flexibility index (Phi) is 4.86. The van der Waals surface area contributed by atoms with Crippen LogP contribution in [0.5, 0.6) is 0 Å². The largest absolute Gasteiger partial charge is 0.393 e. The maximum Gasteiger partial charge on any atom is 0.391 e. The molecule has 1 aliphatic carbocycles. The van der Waals surface area contributed by atoms with Gasteiger partial charge >= 0.3 is 6.18 Å². The highest BCUT2D eigenvalue weighted by molar-refractivity contribution is 4.76. The van der Waals surface area contributed by atoms with Crippen molar-refractivity contribution in [3.63, 3.8) is 0 Å². The van der Waals surface area contributed by atoms with Gasteiger partial charge in [0.15, 0.2) is 0 Å². The van der Waals surface area contributed by atoms with Crippen LogP contribution in [0.3, 0.4) is 0 Å². The monoisotopic (exact) mass is 226 g/mol. The standard InChI is InChI=1S/C10H17F3O2/c11-10(12,13)5-7-15-6-4-8-2-1-3-9(8)14/h8-9,14H,1-7H2.